The van der Waals surface area contributed by atoms with Gasteiger partial charge >= 0.3 is 5.97 Å². The summed E-state index contributed by atoms with van der Waals surface area (Å²) in [7, 11) is 0. The fraction of sp³-hybridized carbons (Fsp3) is 0. The van der Waals surface area contributed by atoms with Crippen LogP contribution in [-0.4, -0.2) is 21.8 Å². The van der Waals surface area contributed by atoms with E-state index in [1.54, 1.807) is 12.1 Å². The zero-order valence-corrected chi connectivity index (χ0v) is 9.90. The number of hydrogen-bond acceptors (Lipinski definition) is 6. The molecule has 1 aromatic heterocycles. The lowest BCUT2D eigenvalue weighted by Crippen LogP contribution is -2.07. The molecule has 0 unspecified atom stereocenters. The number of anilines is 2. The number of ketones is 1. The molecule has 0 aliphatic rings. The third kappa shape index (κ3) is 2.16. The van der Waals surface area contributed by atoms with Crippen molar-refractivity contribution in [3.8, 4) is 0 Å². The van der Waals surface area contributed by atoms with Crippen LogP contribution in [0.15, 0.2) is 24.3 Å². The number of nitrogen functional groups attached to an aromatic ring is 2. The zero-order chi connectivity index (χ0) is 13.3. The number of aromatic nitrogens is 1. The molecule has 0 radical (unpaired) electrons. The number of hydrogen-bond donors (Lipinski definition) is 3. The van der Waals surface area contributed by atoms with E-state index in [9.17, 15) is 9.59 Å². The van der Waals surface area contributed by atoms with Crippen molar-refractivity contribution in [1.82, 2.24) is 4.98 Å². The van der Waals surface area contributed by atoms with Crippen LogP contribution >= 0.6 is 11.3 Å². The lowest BCUT2D eigenvalue weighted by atomic mass is 10.1. The molecule has 0 saturated heterocycles. The summed E-state index contributed by atoms with van der Waals surface area (Å²) in [6.07, 6.45) is 0. The minimum atomic E-state index is -1.28. The van der Waals surface area contributed by atoms with Crippen LogP contribution in [0.4, 0.5) is 10.8 Å². The van der Waals surface area contributed by atoms with E-state index in [4.69, 9.17) is 16.6 Å². The Bertz CT molecular complexity index is 619. The van der Waals surface area contributed by atoms with Crippen LogP contribution in [0.25, 0.3) is 0 Å². The molecule has 0 bridgehead atoms. The first-order chi connectivity index (χ1) is 8.49. The van der Waals surface area contributed by atoms with Crippen molar-refractivity contribution < 1.29 is 14.7 Å². The molecule has 2 rings (SSSR count). The summed E-state index contributed by atoms with van der Waals surface area (Å²) in [4.78, 5) is 26.7. The highest BCUT2D eigenvalue weighted by Crippen LogP contribution is 2.24. The van der Waals surface area contributed by atoms with Gasteiger partial charge in [0.25, 0.3) is 0 Å². The van der Waals surface area contributed by atoms with Gasteiger partial charge < -0.3 is 16.6 Å². The standard InChI is InChI=1S/C11H9N3O3S/c12-6-3-1-5(2-4-6)8(15)9-7(10(16)17)14-11(13)18-9/h1-4H,12H2,(H2,13,14)(H,16,17). The fourth-order valence-electron chi connectivity index (χ4n) is 1.40. The minimum Gasteiger partial charge on any atom is -0.476 e. The number of thiazole rings is 1. The topological polar surface area (TPSA) is 119 Å². The van der Waals surface area contributed by atoms with Gasteiger partial charge in [0.2, 0.25) is 5.78 Å². The number of carboxylic acids is 1. The van der Waals surface area contributed by atoms with Gasteiger partial charge in [-0.15, -0.1) is 0 Å². The van der Waals surface area contributed by atoms with Crippen LogP contribution in [0, 0.1) is 0 Å². The predicted molar refractivity (Wildman–Crippen MR) is 67.8 cm³/mol. The van der Waals surface area contributed by atoms with Gasteiger partial charge in [-0.25, -0.2) is 9.78 Å². The maximum atomic E-state index is 12.1. The third-order valence-corrected chi connectivity index (χ3v) is 3.11. The van der Waals surface area contributed by atoms with Crippen LogP contribution in [0.2, 0.25) is 0 Å². The summed E-state index contributed by atoms with van der Waals surface area (Å²) in [5.74, 6) is -1.71. The Labute approximate surface area is 106 Å². The van der Waals surface area contributed by atoms with Crippen LogP contribution in [0.1, 0.15) is 25.7 Å². The van der Waals surface area contributed by atoms with Crippen LogP contribution in [0.3, 0.4) is 0 Å². The van der Waals surface area contributed by atoms with Crippen LogP contribution in [-0.2, 0) is 0 Å². The van der Waals surface area contributed by atoms with E-state index in [-0.39, 0.29) is 15.7 Å². The number of rotatable bonds is 3. The number of nitrogens with two attached hydrogens (primary N) is 2. The quantitative estimate of drug-likeness (QED) is 0.566. The molecule has 0 amide bonds. The average molecular weight is 263 g/mol. The number of aromatic carboxylic acids is 1. The Morgan fingerprint density at radius 3 is 2.33 bits per heavy atom. The first kappa shape index (κ1) is 12.1. The maximum Gasteiger partial charge on any atom is 0.356 e. The molecule has 6 nitrogen and oxygen atoms in total. The molecule has 0 aliphatic carbocycles. The number of carboxylic acid groups (broad SMARTS) is 1. The molecule has 0 atom stereocenters. The molecule has 1 heterocycles. The molecular weight excluding hydrogens is 254 g/mol. The average Bonchev–Trinajstić information content (AvgIpc) is 2.71. The molecule has 18 heavy (non-hydrogen) atoms. The molecule has 0 spiro atoms. The molecule has 2 aromatic rings. The third-order valence-electron chi connectivity index (χ3n) is 2.23. The van der Waals surface area contributed by atoms with E-state index in [1.807, 2.05) is 0 Å². The van der Waals surface area contributed by atoms with Crippen molar-refractivity contribution in [3.63, 3.8) is 0 Å². The van der Waals surface area contributed by atoms with Gasteiger partial charge in [0.1, 0.15) is 4.88 Å². The van der Waals surface area contributed by atoms with Crippen molar-refractivity contribution in [1.29, 1.82) is 0 Å². The Kier molecular flexibility index (Phi) is 2.99. The largest absolute Gasteiger partial charge is 0.476 e. The van der Waals surface area contributed by atoms with Gasteiger partial charge in [-0.05, 0) is 24.3 Å². The molecule has 0 fully saturated rings. The molecular formula is C11H9N3O3S. The van der Waals surface area contributed by atoms with E-state index in [2.05, 4.69) is 4.98 Å². The van der Waals surface area contributed by atoms with Gasteiger partial charge in [-0.2, -0.15) is 0 Å². The summed E-state index contributed by atoms with van der Waals surface area (Å²) in [5, 5.41) is 8.98. The fourth-order valence-corrected chi connectivity index (χ4v) is 2.19. The van der Waals surface area contributed by atoms with E-state index in [0.29, 0.717) is 11.3 Å². The predicted octanol–water partition coefficient (Wildman–Crippen LogP) is 1.24. The number of nitrogens with zero attached hydrogens (tertiary/aromatic N) is 1. The van der Waals surface area contributed by atoms with Crippen molar-refractivity contribution in [2.45, 2.75) is 0 Å². The minimum absolute atomic E-state index is 0.0183. The van der Waals surface area contributed by atoms with E-state index >= 15 is 0 Å². The normalized spacial score (nSPS) is 10.2. The van der Waals surface area contributed by atoms with Crippen molar-refractivity contribution >= 4 is 33.9 Å². The SMILES string of the molecule is Nc1ccc(C(=O)c2sc(N)nc2C(=O)O)cc1. The van der Waals surface area contributed by atoms with Gasteiger partial charge in [0.05, 0.1) is 0 Å². The van der Waals surface area contributed by atoms with Crippen LogP contribution < -0.4 is 11.5 Å². The summed E-state index contributed by atoms with van der Waals surface area (Å²) < 4.78 is 0. The number of carbonyl (C=O) groups excluding carboxylic acids is 1. The van der Waals surface area contributed by atoms with Crippen molar-refractivity contribution in [2.75, 3.05) is 11.5 Å². The summed E-state index contributed by atoms with van der Waals surface area (Å²) in [5.41, 5.74) is 11.5. The molecule has 5 N–H and O–H groups in total. The van der Waals surface area contributed by atoms with Gasteiger partial charge in [0.15, 0.2) is 10.8 Å². The monoisotopic (exact) mass is 263 g/mol. The maximum absolute atomic E-state index is 12.1. The van der Waals surface area contributed by atoms with Crippen LogP contribution in [0.5, 0.6) is 0 Å². The highest BCUT2D eigenvalue weighted by Gasteiger charge is 2.23. The summed E-state index contributed by atoms with van der Waals surface area (Å²) in [6, 6.07) is 6.19. The molecule has 92 valence electrons. The molecule has 0 saturated carbocycles. The van der Waals surface area contributed by atoms with Crippen molar-refractivity contribution in [2.24, 2.45) is 0 Å². The molecule has 7 heteroatoms. The Hall–Kier alpha value is -2.41. The lowest BCUT2D eigenvalue weighted by Gasteiger charge is -1.99. The molecule has 0 aliphatic heterocycles. The van der Waals surface area contributed by atoms with E-state index in [1.165, 1.54) is 12.1 Å². The second kappa shape index (κ2) is 4.46. The van der Waals surface area contributed by atoms with Gasteiger partial charge in [-0.3, -0.25) is 4.79 Å². The van der Waals surface area contributed by atoms with Gasteiger partial charge in [-0.1, -0.05) is 11.3 Å². The highest BCUT2D eigenvalue weighted by molar-refractivity contribution is 7.17. The molecule has 1 aromatic carbocycles. The Balaban J connectivity index is 2.45. The first-order valence-electron chi connectivity index (χ1n) is 4.89. The van der Waals surface area contributed by atoms with Crippen molar-refractivity contribution in [3.05, 3.63) is 40.4 Å². The second-order valence-corrected chi connectivity index (χ2v) is 4.52. The van der Waals surface area contributed by atoms with Gasteiger partial charge in [0, 0.05) is 11.3 Å². The van der Waals surface area contributed by atoms with E-state index < -0.39 is 11.8 Å². The lowest BCUT2D eigenvalue weighted by molar-refractivity contribution is 0.0687. The first-order valence-corrected chi connectivity index (χ1v) is 5.70. The Morgan fingerprint density at radius 1 is 1.17 bits per heavy atom. The highest BCUT2D eigenvalue weighted by atomic mass is 32.1. The summed E-state index contributed by atoms with van der Waals surface area (Å²) >= 11 is 0.855. The zero-order valence-electron chi connectivity index (χ0n) is 9.08. The number of carbonyl (C=O) groups is 2. The number of benzene rings is 1. The Morgan fingerprint density at radius 2 is 1.78 bits per heavy atom. The summed E-state index contributed by atoms with van der Waals surface area (Å²) in [6.45, 7) is 0. The van der Waals surface area contributed by atoms with E-state index in [0.717, 1.165) is 11.3 Å². The second-order valence-electron chi connectivity index (χ2n) is 3.49. The smallest absolute Gasteiger partial charge is 0.356 e.